The van der Waals surface area contributed by atoms with Crippen molar-refractivity contribution in [1.29, 1.82) is 0 Å². The van der Waals surface area contributed by atoms with E-state index >= 15 is 0 Å². The molecule has 2 saturated heterocycles. The van der Waals surface area contributed by atoms with Crippen molar-refractivity contribution in [2.75, 3.05) is 41.0 Å². The molecule has 4 rings (SSSR count). The minimum Gasteiger partial charge on any atom is -0.453 e. The molecule has 2 aliphatic rings. The van der Waals surface area contributed by atoms with Gasteiger partial charge in [-0.2, -0.15) is 0 Å². The zero-order valence-corrected chi connectivity index (χ0v) is 23.0. The van der Waals surface area contributed by atoms with Crippen molar-refractivity contribution in [3.05, 3.63) is 46.2 Å². The van der Waals surface area contributed by atoms with E-state index in [1.54, 1.807) is 29.8 Å². The van der Waals surface area contributed by atoms with Gasteiger partial charge >= 0.3 is 6.09 Å². The lowest BCUT2D eigenvalue weighted by molar-refractivity contribution is -0.114. The maximum atomic E-state index is 13.3. The summed E-state index contributed by atoms with van der Waals surface area (Å²) < 4.78 is 17.2. The Morgan fingerprint density at radius 2 is 1.74 bits per heavy atom. The van der Waals surface area contributed by atoms with Crippen LogP contribution in [0.5, 0.6) is 0 Å². The van der Waals surface area contributed by atoms with E-state index < -0.39 is 12.4 Å². The first-order chi connectivity index (χ1) is 18.3. The van der Waals surface area contributed by atoms with E-state index in [1.807, 2.05) is 38.1 Å². The molecule has 0 saturated carbocycles. The maximum Gasteiger partial charge on any atom is 0.409 e. The van der Waals surface area contributed by atoms with Crippen molar-refractivity contribution >= 4 is 22.9 Å². The molecule has 2 aromatic rings. The number of hydrogen-bond acceptors (Lipinski definition) is 7. The van der Waals surface area contributed by atoms with Crippen molar-refractivity contribution < 1.29 is 23.8 Å². The highest BCUT2D eigenvalue weighted by atomic mass is 16.7. The molecule has 0 aliphatic carbocycles. The molecular weight excluding hydrogens is 488 g/mol. The Hall–Kier alpha value is -2.95. The molecule has 0 radical (unpaired) electrons. The van der Waals surface area contributed by atoms with Crippen LogP contribution in [0.2, 0.25) is 0 Å². The standard InChI is InChI=1S/C28H40N4O6/c1-18(2)32-24-9-7-6-8-19(24)14-23(27(32)34)26(33)29-20-15-21-10-11-22(16-20)31(21)13-12-30(28(35)38-5)17-25(36-3)37-4/h6-9,14,18,20-22,25H,10-13,15-17H2,1-5H3,(H,29,33)/t20-,21-,22+. The number of carbonyl (C=O) groups excluding carboxylic acids is 2. The molecule has 3 heterocycles. The van der Waals surface area contributed by atoms with E-state index in [-0.39, 0.29) is 35.7 Å². The minimum absolute atomic E-state index is 0.00214. The Morgan fingerprint density at radius 3 is 2.34 bits per heavy atom. The van der Waals surface area contributed by atoms with Crippen LogP contribution in [0.1, 0.15) is 55.9 Å². The molecule has 3 atom stereocenters. The quantitative estimate of drug-likeness (QED) is 0.473. The third-order valence-corrected chi connectivity index (χ3v) is 7.88. The van der Waals surface area contributed by atoms with Crippen molar-refractivity contribution in [2.45, 2.75) is 70.0 Å². The molecule has 208 valence electrons. The van der Waals surface area contributed by atoms with Crippen molar-refractivity contribution in [3.8, 4) is 0 Å². The van der Waals surface area contributed by atoms with Gasteiger partial charge in [-0.1, -0.05) is 18.2 Å². The lowest BCUT2D eigenvalue weighted by Gasteiger charge is -2.40. The SMILES string of the molecule is COC(=O)N(CCN1[C@@H]2CC[C@H]1C[C@H](NC(=O)c1cc3ccccc3n(C(C)C)c1=O)C2)CC(OC)OC. The molecule has 2 aliphatic heterocycles. The Balaban J connectivity index is 1.42. The lowest BCUT2D eigenvalue weighted by Crippen LogP contribution is -2.53. The number of fused-ring (bicyclic) bond motifs is 3. The zero-order chi connectivity index (χ0) is 27.4. The Kier molecular flexibility index (Phi) is 9.07. The second-order valence-electron chi connectivity index (χ2n) is 10.5. The van der Waals surface area contributed by atoms with Gasteiger partial charge in [0.05, 0.1) is 19.2 Å². The van der Waals surface area contributed by atoms with Gasteiger partial charge in [0.1, 0.15) is 5.56 Å². The number of piperidine rings is 1. The summed E-state index contributed by atoms with van der Waals surface area (Å²) in [4.78, 5) is 43.0. The summed E-state index contributed by atoms with van der Waals surface area (Å²) in [6.07, 6.45) is 2.77. The summed E-state index contributed by atoms with van der Waals surface area (Å²) >= 11 is 0. The molecule has 0 unspecified atom stereocenters. The van der Waals surface area contributed by atoms with E-state index in [0.717, 1.165) is 36.6 Å². The van der Waals surface area contributed by atoms with Gasteiger partial charge < -0.3 is 29.0 Å². The number of carbonyl (C=O) groups is 2. The fourth-order valence-electron chi connectivity index (χ4n) is 6.03. The summed E-state index contributed by atoms with van der Waals surface area (Å²) in [5, 5.41) is 4.04. The van der Waals surface area contributed by atoms with Crippen LogP contribution in [-0.2, 0) is 14.2 Å². The predicted molar refractivity (Wildman–Crippen MR) is 144 cm³/mol. The number of nitrogens with zero attached hydrogens (tertiary/aromatic N) is 3. The number of methoxy groups -OCH3 is 3. The van der Waals surface area contributed by atoms with Crippen molar-refractivity contribution in [2.24, 2.45) is 0 Å². The number of amides is 2. The summed E-state index contributed by atoms with van der Waals surface area (Å²) in [5.41, 5.74) is 0.760. The van der Waals surface area contributed by atoms with Crippen molar-refractivity contribution in [1.82, 2.24) is 19.7 Å². The van der Waals surface area contributed by atoms with Gasteiger partial charge in [0.15, 0.2) is 6.29 Å². The topological polar surface area (TPSA) is 102 Å². The fraction of sp³-hybridized carbons (Fsp3) is 0.607. The first-order valence-electron chi connectivity index (χ1n) is 13.4. The maximum absolute atomic E-state index is 13.3. The highest BCUT2D eigenvalue weighted by Gasteiger charge is 2.41. The molecule has 10 heteroatoms. The average molecular weight is 529 g/mol. The van der Waals surface area contributed by atoms with Gasteiger partial charge in [-0.3, -0.25) is 14.5 Å². The number of para-hydroxylation sites is 1. The normalized spacial score (nSPS) is 21.3. The van der Waals surface area contributed by atoms with Crippen LogP contribution < -0.4 is 10.9 Å². The molecule has 2 bridgehead atoms. The minimum atomic E-state index is -0.526. The van der Waals surface area contributed by atoms with Crippen LogP contribution in [0.15, 0.2) is 35.1 Å². The first kappa shape index (κ1) is 28.1. The Bertz CT molecular complexity index is 1180. The highest BCUT2D eigenvalue weighted by molar-refractivity contribution is 5.97. The summed E-state index contributed by atoms with van der Waals surface area (Å²) in [6.45, 7) is 5.38. The second kappa shape index (κ2) is 12.3. The first-order valence-corrected chi connectivity index (χ1v) is 13.4. The summed E-state index contributed by atoms with van der Waals surface area (Å²) in [6, 6.07) is 9.93. The molecule has 1 N–H and O–H groups in total. The third-order valence-electron chi connectivity index (χ3n) is 7.88. The molecular formula is C28H40N4O6. The smallest absolute Gasteiger partial charge is 0.409 e. The number of pyridine rings is 1. The Morgan fingerprint density at radius 1 is 1.08 bits per heavy atom. The molecule has 2 fully saturated rings. The molecule has 10 nitrogen and oxygen atoms in total. The second-order valence-corrected chi connectivity index (χ2v) is 10.5. The van der Waals surface area contributed by atoms with Gasteiger partial charge in [-0.05, 0) is 57.0 Å². The number of benzene rings is 1. The third kappa shape index (κ3) is 5.87. The van der Waals surface area contributed by atoms with E-state index in [9.17, 15) is 14.4 Å². The number of ether oxygens (including phenoxy) is 3. The highest BCUT2D eigenvalue weighted by Crippen LogP contribution is 2.35. The van der Waals surface area contributed by atoms with Gasteiger partial charge in [-0.15, -0.1) is 0 Å². The molecule has 2 amide bonds. The largest absolute Gasteiger partial charge is 0.453 e. The van der Waals surface area contributed by atoms with Crippen LogP contribution in [0.4, 0.5) is 4.79 Å². The zero-order valence-electron chi connectivity index (χ0n) is 23.0. The van der Waals surface area contributed by atoms with Crippen LogP contribution in [0, 0.1) is 0 Å². The van der Waals surface area contributed by atoms with E-state index in [4.69, 9.17) is 14.2 Å². The van der Waals surface area contributed by atoms with E-state index in [2.05, 4.69) is 10.2 Å². The van der Waals surface area contributed by atoms with E-state index in [1.165, 1.54) is 7.11 Å². The molecule has 38 heavy (non-hydrogen) atoms. The monoisotopic (exact) mass is 528 g/mol. The number of hydrogen-bond donors (Lipinski definition) is 1. The van der Waals surface area contributed by atoms with Gasteiger partial charge in [0.2, 0.25) is 0 Å². The predicted octanol–water partition coefficient (Wildman–Crippen LogP) is 2.99. The molecule has 0 spiro atoms. The number of rotatable bonds is 10. The van der Waals surface area contributed by atoms with Crippen LogP contribution >= 0.6 is 0 Å². The van der Waals surface area contributed by atoms with Crippen LogP contribution in [0.25, 0.3) is 10.9 Å². The van der Waals surface area contributed by atoms with Crippen LogP contribution in [0.3, 0.4) is 0 Å². The van der Waals surface area contributed by atoms with Crippen molar-refractivity contribution in [3.63, 3.8) is 0 Å². The summed E-state index contributed by atoms with van der Waals surface area (Å²) in [5.74, 6) is -0.310. The molecule has 1 aromatic carbocycles. The fourth-order valence-corrected chi connectivity index (χ4v) is 6.03. The van der Waals surface area contributed by atoms with Gasteiger partial charge in [0, 0.05) is 51.5 Å². The van der Waals surface area contributed by atoms with Gasteiger partial charge in [0.25, 0.3) is 11.5 Å². The number of aromatic nitrogens is 1. The number of nitrogens with one attached hydrogen (secondary N) is 1. The molecule has 1 aromatic heterocycles. The average Bonchev–Trinajstić information content (AvgIpc) is 3.15. The van der Waals surface area contributed by atoms with Gasteiger partial charge in [-0.25, -0.2) is 4.79 Å². The van der Waals surface area contributed by atoms with Crippen LogP contribution in [-0.4, -0.2) is 91.7 Å². The summed E-state index contributed by atoms with van der Waals surface area (Å²) in [7, 11) is 4.45. The Labute approximate surface area is 223 Å². The lowest BCUT2D eigenvalue weighted by atomic mass is 9.96. The van der Waals surface area contributed by atoms with E-state index in [0.29, 0.717) is 25.2 Å².